The molecule has 0 unspecified atom stereocenters. The first-order valence-corrected chi connectivity index (χ1v) is 3.47. The van der Waals surface area contributed by atoms with Crippen molar-refractivity contribution in [2.24, 2.45) is 0 Å². The first kappa shape index (κ1) is 6.96. The van der Waals surface area contributed by atoms with Gasteiger partial charge < -0.3 is 4.42 Å². The van der Waals surface area contributed by atoms with Crippen LogP contribution < -0.4 is 0 Å². The summed E-state index contributed by atoms with van der Waals surface area (Å²) < 4.78 is 5.13. The Morgan fingerprint density at radius 3 is 2.67 bits per heavy atom. The SMILES string of the molecule is Cc1nnc(Cn2nccn2)o1. The Hall–Kier alpha value is -1.72. The minimum atomic E-state index is 0.424. The summed E-state index contributed by atoms with van der Waals surface area (Å²) in [5.41, 5.74) is 0. The van der Waals surface area contributed by atoms with E-state index in [1.54, 1.807) is 19.3 Å². The molecule has 6 heteroatoms. The molecule has 0 saturated heterocycles. The number of hydrogen-bond acceptors (Lipinski definition) is 5. The van der Waals surface area contributed by atoms with E-state index in [-0.39, 0.29) is 0 Å². The van der Waals surface area contributed by atoms with Crippen molar-refractivity contribution in [2.75, 3.05) is 0 Å². The molecular weight excluding hydrogens is 158 g/mol. The van der Waals surface area contributed by atoms with E-state index in [2.05, 4.69) is 20.4 Å². The lowest BCUT2D eigenvalue weighted by Gasteiger charge is -1.91. The zero-order valence-corrected chi connectivity index (χ0v) is 6.51. The Morgan fingerprint density at radius 1 is 1.33 bits per heavy atom. The zero-order chi connectivity index (χ0) is 8.39. The summed E-state index contributed by atoms with van der Waals surface area (Å²) in [4.78, 5) is 1.48. The van der Waals surface area contributed by atoms with Crippen LogP contribution in [0.3, 0.4) is 0 Å². The summed E-state index contributed by atoms with van der Waals surface area (Å²) >= 11 is 0. The van der Waals surface area contributed by atoms with Crippen LogP contribution in [0.2, 0.25) is 0 Å². The molecule has 0 atom stereocenters. The molecule has 0 fully saturated rings. The molecule has 2 aromatic rings. The highest BCUT2D eigenvalue weighted by atomic mass is 16.4. The van der Waals surface area contributed by atoms with Crippen molar-refractivity contribution >= 4 is 0 Å². The van der Waals surface area contributed by atoms with Gasteiger partial charge in [0.2, 0.25) is 11.8 Å². The van der Waals surface area contributed by atoms with Gasteiger partial charge in [0, 0.05) is 6.92 Å². The molecule has 12 heavy (non-hydrogen) atoms. The van der Waals surface area contributed by atoms with Crippen LogP contribution in [0.1, 0.15) is 11.8 Å². The Morgan fingerprint density at radius 2 is 2.08 bits per heavy atom. The van der Waals surface area contributed by atoms with Crippen LogP contribution in [-0.2, 0) is 6.54 Å². The van der Waals surface area contributed by atoms with Crippen LogP contribution in [0, 0.1) is 6.92 Å². The van der Waals surface area contributed by atoms with Crippen molar-refractivity contribution in [3.8, 4) is 0 Å². The van der Waals surface area contributed by atoms with Crippen molar-refractivity contribution in [1.29, 1.82) is 0 Å². The third-order valence-corrected chi connectivity index (χ3v) is 1.31. The largest absolute Gasteiger partial charge is 0.423 e. The fourth-order valence-electron chi connectivity index (χ4n) is 0.847. The Kier molecular flexibility index (Phi) is 1.58. The van der Waals surface area contributed by atoms with Gasteiger partial charge in [-0.05, 0) is 0 Å². The van der Waals surface area contributed by atoms with Gasteiger partial charge in [0.15, 0.2) is 0 Å². The maximum absolute atomic E-state index is 5.13. The molecule has 0 saturated carbocycles. The Labute approximate surface area is 68.2 Å². The molecule has 0 aliphatic rings. The van der Waals surface area contributed by atoms with Gasteiger partial charge in [-0.1, -0.05) is 0 Å². The van der Waals surface area contributed by atoms with Crippen LogP contribution >= 0.6 is 0 Å². The topological polar surface area (TPSA) is 69.6 Å². The monoisotopic (exact) mass is 165 g/mol. The quantitative estimate of drug-likeness (QED) is 0.627. The van der Waals surface area contributed by atoms with E-state index in [9.17, 15) is 0 Å². The van der Waals surface area contributed by atoms with Crippen LogP contribution in [0.15, 0.2) is 16.8 Å². The molecule has 0 bridgehead atoms. The van der Waals surface area contributed by atoms with Gasteiger partial charge in [-0.15, -0.1) is 10.2 Å². The summed E-state index contributed by atoms with van der Waals surface area (Å²) in [7, 11) is 0. The maximum Gasteiger partial charge on any atom is 0.239 e. The Bertz CT molecular complexity index is 352. The molecule has 62 valence electrons. The van der Waals surface area contributed by atoms with Crippen molar-refractivity contribution in [2.45, 2.75) is 13.5 Å². The molecule has 0 N–H and O–H groups in total. The van der Waals surface area contributed by atoms with Gasteiger partial charge in [0.05, 0.1) is 12.4 Å². The molecule has 0 amide bonds. The predicted molar refractivity (Wildman–Crippen MR) is 38.2 cm³/mol. The van der Waals surface area contributed by atoms with Gasteiger partial charge in [-0.25, -0.2) is 0 Å². The van der Waals surface area contributed by atoms with E-state index in [0.29, 0.717) is 18.3 Å². The van der Waals surface area contributed by atoms with Crippen LogP contribution in [-0.4, -0.2) is 25.2 Å². The highest BCUT2D eigenvalue weighted by Crippen LogP contribution is 1.98. The summed E-state index contributed by atoms with van der Waals surface area (Å²) in [6.07, 6.45) is 3.20. The van der Waals surface area contributed by atoms with Crippen LogP contribution in [0.4, 0.5) is 0 Å². The molecule has 2 heterocycles. The second-order valence-corrected chi connectivity index (χ2v) is 2.27. The van der Waals surface area contributed by atoms with Crippen LogP contribution in [0.5, 0.6) is 0 Å². The average molecular weight is 165 g/mol. The average Bonchev–Trinajstić information content (AvgIpc) is 2.63. The second kappa shape index (κ2) is 2.72. The molecule has 0 aromatic carbocycles. The smallest absolute Gasteiger partial charge is 0.239 e. The molecule has 6 nitrogen and oxygen atoms in total. The van der Waals surface area contributed by atoms with Gasteiger partial charge in [0.1, 0.15) is 6.54 Å². The highest BCUT2D eigenvalue weighted by Gasteiger charge is 2.02. The van der Waals surface area contributed by atoms with Crippen molar-refractivity contribution in [1.82, 2.24) is 25.2 Å². The lowest BCUT2D eigenvalue weighted by molar-refractivity contribution is 0.428. The van der Waals surface area contributed by atoms with Gasteiger partial charge in [-0.3, -0.25) is 0 Å². The molecule has 2 aromatic heterocycles. The van der Waals surface area contributed by atoms with Crippen molar-refractivity contribution in [3.05, 3.63) is 24.2 Å². The zero-order valence-electron chi connectivity index (χ0n) is 6.51. The standard InChI is InChI=1S/C6H7N5O/c1-5-9-10-6(12-5)4-11-7-2-3-8-11/h2-3H,4H2,1H3. The van der Waals surface area contributed by atoms with E-state index < -0.39 is 0 Å². The van der Waals surface area contributed by atoms with Gasteiger partial charge in [0.25, 0.3) is 0 Å². The molecule has 0 spiro atoms. The fraction of sp³-hybridized carbons (Fsp3) is 0.333. The number of aryl methyl sites for hydroxylation is 1. The summed E-state index contributed by atoms with van der Waals surface area (Å²) in [6.45, 7) is 2.17. The first-order valence-electron chi connectivity index (χ1n) is 3.47. The molecule has 0 aliphatic heterocycles. The molecular formula is C6H7N5O. The number of rotatable bonds is 2. The lowest BCUT2D eigenvalue weighted by Crippen LogP contribution is -2.03. The minimum Gasteiger partial charge on any atom is -0.423 e. The molecule has 0 aliphatic carbocycles. The molecule has 0 radical (unpaired) electrons. The second-order valence-electron chi connectivity index (χ2n) is 2.27. The van der Waals surface area contributed by atoms with E-state index in [4.69, 9.17) is 4.42 Å². The minimum absolute atomic E-state index is 0.424. The van der Waals surface area contributed by atoms with Crippen LogP contribution in [0.25, 0.3) is 0 Å². The van der Waals surface area contributed by atoms with E-state index in [1.165, 1.54) is 4.80 Å². The predicted octanol–water partition coefficient (Wildman–Crippen LogP) is 0.0178. The first-order chi connectivity index (χ1) is 5.84. The number of nitrogens with zero attached hydrogens (tertiary/aromatic N) is 5. The van der Waals surface area contributed by atoms with Crippen molar-refractivity contribution < 1.29 is 4.42 Å². The summed E-state index contributed by atoms with van der Waals surface area (Å²) in [6, 6.07) is 0. The van der Waals surface area contributed by atoms with Gasteiger partial charge in [-0.2, -0.15) is 15.0 Å². The maximum atomic E-state index is 5.13. The normalized spacial score (nSPS) is 10.4. The summed E-state index contributed by atoms with van der Waals surface area (Å²) in [5.74, 6) is 1.07. The van der Waals surface area contributed by atoms with E-state index in [0.717, 1.165) is 0 Å². The molecule has 2 rings (SSSR count). The third kappa shape index (κ3) is 1.31. The number of hydrogen-bond donors (Lipinski definition) is 0. The number of aromatic nitrogens is 5. The van der Waals surface area contributed by atoms with Gasteiger partial charge >= 0.3 is 0 Å². The van der Waals surface area contributed by atoms with Crippen molar-refractivity contribution in [3.63, 3.8) is 0 Å². The fourth-order valence-corrected chi connectivity index (χ4v) is 0.847. The highest BCUT2D eigenvalue weighted by molar-refractivity contribution is 4.78. The van der Waals surface area contributed by atoms with E-state index in [1.807, 2.05) is 0 Å². The Balaban J connectivity index is 2.14. The summed E-state index contributed by atoms with van der Waals surface area (Å²) in [5, 5.41) is 15.3. The van der Waals surface area contributed by atoms with E-state index >= 15 is 0 Å². The third-order valence-electron chi connectivity index (χ3n) is 1.31. The lowest BCUT2D eigenvalue weighted by atomic mass is 10.7.